The number of rotatable bonds is 4. The lowest BCUT2D eigenvalue weighted by atomic mass is 10.1. The molecule has 1 aromatic carbocycles. The van der Waals surface area contributed by atoms with Crippen molar-refractivity contribution in [1.29, 1.82) is 0 Å². The minimum atomic E-state index is 0.673. The van der Waals surface area contributed by atoms with Gasteiger partial charge in [-0.3, -0.25) is 0 Å². The van der Waals surface area contributed by atoms with Gasteiger partial charge in [0.25, 0.3) is 0 Å². The van der Waals surface area contributed by atoms with Gasteiger partial charge in [0.2, 0.25) is 0 Å². The molecule has 0 saturated heterocycles. The number of nitrogens with one attached hydrogen (secondary N) is 1. The van der Waals surface area contributed by atoms with Crippen LogP contribution < -0.4 is 5.32 Å². The topological polar surface area (TPSA) is 37.8 Å². The Labute approximate surface area is 144 Å². The molecule has 2 heterocycles. The Morgan fingerprint density at radius 3 is 2.52 bits per heavy atom. The Hall–Kier alpha value is -1.72. The van der Waals surface area contributed by atoms with Gasteiger partial charge in [-0.1, -0.05) is 24.3 Å². The van der Waals surface area contributed by atoms with Crippen molar-refractivity contribution in [2.75, 3.05) is 11.9 Å². The Morgan fingerprint density at radius 1 is 1.13 bits per heavy atom. The minimum Gasteiger partial charge on any atom is -0.361 e. The second kappa shape index (κ2) is 6.06. The molecule has 0 spiro atoms. The third-order valence-corrected chi connectivity index (χ3v) is 6.21. The molecule has 0 radical (unpaired) electrons. The van der Waals surface area contributed by atoms with Crippen LogP contribution in [0.25, 0.3) is 10.6 Å². The summed E-state index contributed by atoms with van der Waals surface area (Å²) in [5.74, 6) is 0.673. The van der Waals surface area contributed by atoms with Crippen molar-refractivity contribution in [3.05, 3.63) is 51.5 Å². The summed E-state index contributed by atoms with van der Waals surface area (Å²) in [7, 11) is 0. The fourth-order valence-electron chi connectivity index (χ4n) is 3.25. The van der Waals surface area contributed by atoms with E-state index >= 15 is 0 Å². The number of anilines is 1. The summed E-state index contributed by atoms with van der Waals surface area (Å²) >= 11 is 3.41. The van der Waals surface area contributed by atoms with Gasteiger partial charge in [-0.05, 0) is 43.7 Å². The van der Waals surface area contributed by atoms with Crippen molar-refractivity contribution in [3.63, 3.8) is 0 Å². The van der Waals surface area contributed by atoms with E-state index in [1.54, 1.807) is 22.7 Å². The maximum absolute atomic E-state index is 4.74. The van der Waals surface area contributed by atoms with Crippen LogP contribution in [0, 0.1) is 19.8 Å². The largest absolute Gasteiger partial charge is 0.361 e. The first kappa shape index (κ1) is 14.8. The van der Waals surface area contributed by atoms with E-state index in [2.05, 4.69) is 46.9 Å². The van der Waals surface area contributed by atoms with Gasteiger partial charge in [0.15, 0.2) is 5.13 Å². The van der Waals surface area contributed by atoms with Gasteiger partial charge in [0.1, 0.15) is 0 Å². The highest BCUT2D eigenvalue weighted by Gasteiger charge is 2.21. The average Bonchev–Trinajstić information content (AvgIpc) is 3.22. The maximum atomic E-state index is 4.74. The summed E-state index contributed by atoms with van der Waals surface area (Å²) in [6.07, 6.45) is 2.35. The summed E-state index contributed by atoms with van der Waals surface area (Å²) in [5.41, 5.74) is 5.15. The molecule has 0 atom stereocenters. The summed E-state index contributed by atoms with van der Waals surface area (Å²) in [5, 5.41) is 7.78. The molecule has 0 bridgehead atoms. The first-order valence-electron chi connectivity index (χ1n) is 7.89. The highest BCUT2D eigenvalue weighted by atomic mass is 32.1. The van der Waals surface area contributed by atoms with E-state index in [4.69, 9.17) is 4.98 Å². The van der Waals surface area contributed by atoms with Crippen molar-refractivity contribution in [2.45, 2.75) is 26.7 Å². The van der Waals surface area contributed by atoms with E-state index in [0.717, 1.165) is 28.1 Å². The molecule has 3 nitrogen and oxygen atoms in total. The minimum absolute atomic E-state index is 0.673. The van der Waals surface area contributed by atoms with Gasteiger partial charge in [0.05, 0.1) is 21.3 Å². The molecule has 4 rings (SSSR count). The molecule has 0 saturated carbocycles. The van der Waals surface area contributed by atoms with Gasteiger partial charge in [-0.15, -0.1) is 22.7 Å². The number of nitrogens with zero attached hydrogens (tertiary/aromatic N) is 2. The lowest BCUT2D eigenvalue weighted by molar-refractivity contribution is 0.593. The predicted molar refractivity (Wildman–Crippen MR) is 98.5 cm³/mol. The lowest BCUT2D eigenvalue weighted by Gasteiger charge is -2.09. The Kier molecular flexibility index (Phi) is 3.91. The van der Waals surface area contributed by atoms with Crippen molar-refractivity contribution >= 4 is 27.8 Å². The van der Waals surface area contributed by atoms with Crippen LogP contribution in [-0.2, 0) is 12.8 Å². The smallest absolute Gasteiger partial charge is 0.183 e. The molecule has 5 heteroatoms. The predicted octanol–water partition coefficient (Wildman–Crippen LogP) is 4.71. The van der Waals surface area contributed by atoms with Crippen LogP contribution in [0.4, 0.5) is 5.13 Å². The highest BCUT2D eigenvalue weighted by Crippen LogP contribution is 2.32. The van der Waals surface area contributed by atoms with Gasteiger partial charge in [-0.2, -0.15) is 0 Å². The van der Waals surface area contributed by atoms with E-state index in [1.807, 2.05) is 6.92 Å². The van der Waals surface area contributed by atoms with Crippen LogP contribution in [0.1, 0.15) is 21.8 Å². The van der Waals surface area contributed by atoms with Crippen LogP contribution in [0.15, 0.2) is 29.6 Å². The number of hydrogen-bond acceptors (Lipinski definition) is 5. The molecule has 0 fully saturated rings. The van der Waals surface area contributed by atoms with Crippen molar-refractivity contribution in [2.24, 2.45) is 5.92 Å². The van der Waals surface area contributed by atoms with Gasteiger partial charge in [-0.25, -0.2) is 9.97 Å². The van der Waals surface area contributed by atoms with Crippen LogP contribution in [0.2, 0.25) is 0 Å². The first-order valence-corrected chi connectivity index (χ1v) is 9.59. The first-order chi connectivity index (χ1) is 11.2. The molecular weight excluding hydrogens is 322 g/mol. The molecule has 2 aromatic heterocycles. The van der Waals surface area contributed by atoms with E-state index in [9.17, 15) is 0 Å². The number of aryl methyl sites for hydroxylation is 2. The van der Waals surface area contributed by atoms with Crippen LogP contribution >= 0.6 is 22.7 Å². The molecule has 23 heavy (non-hydrogen) atoms. The number of hydrogen-bond donors (Lipinski definition) is 1. The molecule has 3 aromatic rings. The number of fused-ring (bicyclic) bond motifs is 1. The zero-order chi connectivity index (χ0) is 15.8. The fraction of sp³-hybridized carbons (Fsp3) is 0.333. The molecule has 1 aliphatic carbocycles. The average molecular weight is 342 g/mol. The van der Waals surface area contributed by atoms with Gasteiger partial charge in [0, 0.05) is 11.9 Å². The molecule has 1 N–H and O–H groups in total. The van der Waals surface area contributed by atoms with E-state index in [-0.39, 0.29) is 0 Å². The second-order valence-corrected chi connectivity index (χ2v) is 8.17. The summed E-state index contributed by atoms with van der Waals surface area (Å²) in [6, 6.07) is 8.79. The summed E-state index contributed by atoms with van der Waals surface area (Å²) < 4.78 is 0. The highest BCUT2D eigenvalue weighted by molar-refractivity contribution is 7.16. The number of thiazole rings is 2. The van der Waals surface area contributed by atoms with E-state index < -0.39 is 0 Å². The molecule has 0 amide bonds. The summed E-state index contributed by atoms with van der Waals surface area (Å²) in [4.78, 5) is 10.4. The zero-order valence-electron chi connectivity index (χ0n) is 13.3. The third-order valence-electron chi connectivity index (χ3n) is 4.32. The van der Waals surface area contributed by atoms with Crippen molar-refractivity contribution in [3.8, 4) is 10.6 Å². The SMILES string of the molecule is Cc1nc(C)c(-c2csc(NCC3Cc4ccccc4C3)n2)s1. The lowest BCUT2D eigenvalue weighted by Crippen LogP contribution is -2.14. The van der Waals surface area contributed by atoms with Crippen molar-refractivity contribution in [1.82, 2.24) is 9.97 Å². The Bertz CT molecular complexity index is 809. The fourth-order valence-corrected chi connectivity index (χ4v) is 4.92. The number of benzene rings is 1. The Balaban J connectivity index is 1.41. The van der Waals surface area contributed by atoms with Crippen LogP contribution in [-0.4, -0.2) is 16.5 Å². The van der Waals surface area contributed by atoms with Crippen LogP contribution in [0.5, 0.6) is 0 Å². The van der Waals surface area contributed by atoms with Gasteiger partial charge >= 0.3 is 0 Å². The molecular formula is C18H19N3S2. The van der Waals surface area contributed by atoms with Gasteiger partial charge < -0.3 is 5.32 Å². The van der Waals surface area contributed by atoms with Crippen molar-refractivity contribution < 1.29 is 0 Å². The quantitative estimate of drug-likeness (QED) is 0.747. The molecule has 0 aliphatic heterocycles. The van der Waals surface area contributed by atoms with E-state index in [1.165, 1.54) is 28.8 Å². The summed E-state index contributed by atoms with van der Waals surface area (Å²) in [6.45, 7) is 5.09. The Morgan fingerprint density at radius 2 is 1.87 bits per heavy atom. The second-order valence-electron chi connectivity index (χ2n) is 6.11. The number of aromatic nitrogens is 2. The molecule has 0 unspecified atom stereocenters. The molecule has 118 valence electrons. The zero-order valence-corrected chi connectivity index (χ0v) is 14.9. The maximum Gasteiger partial charge on any atom is 0.183 e. The van der Waals surface area contributed by atoms with Crippen LogP contribution in [0.3, 0.4) is 0 Å². The third kappa shape index (κ3) is 3.03. The standard InChI is InChI=1S/C18H19N3S2/c1-11-17(23-12(2)20-11)16-10-22-18(21-16)19-9-13-7-14-5-3-4-6-15(14)8-13/h3-6,10,13H,7-9H2,1-2H3,(H,19,21). The molecule has 1 aliphatic rings. The normalized spacial score (nSPS) is 14.2. The van der Waals surface area contributed by atoms with E-state index in [0.29, 0.717) is 5.92 Å². The monoisotopic (exact) mass is 341 g/mol.